The summed E-state index contributed by atoms with van der Waals surface area (Å²) in [6.07, 6.45) is 71.5. The molecule has 0 radical (unpaired) electrons. The predicted molar refractivity (Wildman–Crippen MR) is 259 cm³/mol. The number of hydrogen-bond donors (Lipinski definition) is 0. The first kappa shape index (κ1) is 39.3. The molecule has 0 bridgehead atoms. The normalized spacial score (nSPS) is 45.6. The topological polar surface area (TPSA) is 19.0 Å². The van der Waals surface area contributed by atoms with Gasteiger partial charge in [-0.3, -0.25) is 0 Å². The maximum absolute atomic E-state index is 6.65. The number of fused-ring (bicyclic) bond motifs is 11. The molecule has 3 fully saturated rings. The van der Waals surface area contributed by atoms with Crippen LogP contribution in [0.4, 0.5) is 0 Å². The zero-order chi connectivity index (χ0) is 41.9. The Hall–Kier alpha value is -3.92. The molecule has 64 heavy (non-hydrogen) atoms. The highest BCUT2D eigenvalue weighted by atomic mass is 16.5. The van der Waals surface area contributed by atoms with E-state index in [-0.39, 0.29) is 0 Å². The lowest BCUT2D eigenvalue weighted by molar-refractivity contribution is 0.131. The highest BCUT2D eigenvalue weighted by molar-refractivity contribution is 5.39. The van der Waals surface area contributed by atoms with Crippen LogP contribution >= 0.6 is 0 Å². The molecule has 0 spiro atoms. The number of allylic oxidation sites excluding steroid dienone is 16. The third-order valence-electron chi connectivity index (χ3n) is 20.1. The van der Waals surface area contributed by atoms with Gasteiger partial charge < -0.3 is 19.4 Å². The minimum Gasteiger partial charge on any atom is -0.494 e. The third kappa shape index (κ3) is 6.24. The van der Waals surface area contributed by atoms with Gasteiger partial charge in [0.05, 0.1) is 24.2 Å². The van der Waals surface area contributed by atoms with Gasteiger partial charge in [0.2, 0.25) is 0 Å². The van der Waals surface area contributed by atoms with Crippen LogP contribution in [0, 0.1) is 59.2 Å². The Morgan fingerprint density at radius 3 is 2.20 bits per heavy atom. The Morgan fingerprint density at radius 2 is 1.34 bits per heavy atom. The summed E-state index contributed by atoms with van der Waals surface area (Å²) in [5.41, 5.74) is 8.59. The molecule has 14 aliphatic rings. The predicted octanol–water partition coefficient (Wildman–Crippen LogP) is 13.0. The van der Waals surface area contributed by atoms with Crippen molar-refractivity contribution in [3.8, 4) is 0 Å². The second-order valence-electron chi connectivity index (χ2n) is 23.0. The third-order valence-corrected chi connectivity index (χ3v) is 20.1. The molecular weight excluding hydrogens is 779 g/mol. The average molecular weight is 852 g/mol. The van der Waals surface area contributed by atoms with Gasteiger partial charge in [-0.1, -0.05) is 91.1 Å². The van der Waals surface area contributed by atoms with E-state index in [2.05, 4.69) is 124 Å². The average Bonchev–Trinajstić information content (AvgIpc) is 4.10. The molecule has 0 saturated carbocycles. The highest BCUT2D eigenvalue weighted by Crippen LogP contribution is 2.57. The lowest BCUT2D eigenvalue weighted by atomic mass is 9.65. The van der Waals surface area contributed by atoms with Crippen LogP contribution < -0.4 is 0 Å². The quantitative estimate of drug-likeness (QED) is 0.257. The summed E-state index contributed by atoms with van der Waals surface area (Å²) in [6.45, 7) is 0. The molecule has 4 aliphatic heterocycles. The zero-order valence-corrected chi connectivity index (χ0v) is 38.4. The molecule has 0 amide bonds. The number of nitrogens with zero attached hydrogens (tertiary/aromatic N) is 3. The van der Waals surface area contributed by atoms with Crippen molar-refractivity contribution in [1.29, 1.82) is 0 Å². The molecule has 4 heteroatoms. The first-order valence-electron chi connectivity index (χ1n) is 27.0. The van der Waals surface area contributed by atoms with Crippen LogP contribution in [0.15, 0.2) is 143 Å². The minimum absolute atomic E-state index is 0.375. The Balaban J connectivity index is 0.768. The van der Waals surface area contributed by atoms with E-state index in [1.165, 1.54) is 115 Å². The maximum atomic E-state index is 6.65. The van der Waals surface area contributed by atoms with Gasteiger partial charge in [0.25, 0.3) is 0 Å². The lowest BCUT2D eigenvalue weighted by Crippen LogP contribution is -2.44. The molecule has 0 N–H and O–H groups in total. The summed E-state index contributed by atoms with van der Waals surface area (Å²) in [4.78, 5) is 8.90. The van der Waals surface area contributed by atoms with Crippen molar-refractivity contribution >= 4 is 0 Å². The van der Waals surface area contributed by atoms with Gasteiger partial charge in [-0.25, -0.2) is 0 Å². The minimum atomic E-state index is 0.375. The molecule has 4 heterocycles. The fourth-order valence-electron chi connectivity index (χ4n) is 17.3. The largest absolute Gasteiger partial charge is 0.494 e. The van der Waals surface area contributed by atoms with Crippen LogP contribution in [0.2, 0.25) is 0 Å². The summed E-state index contributed by atoms with van der Waals surface area (Å²) in [5.74, 6) is 7.64. The maximum Gasteiger partial charge on any atom is 0.105 e. The van der Waals surface area contributed by atoms with Crippen LogP contribution in [0.5, 0.6) is 0 Å². The summed E-state index contributed by atoms with van der Waals surface area (Å²) in [6, 6.07) is 3.42. The van der Waals surface area contributed by atoms with E-state index in [1.54, 1.807) is 17.1 Å². The summed E-state index contributed by atoms with van der Waals surface area (Å²) < 4.78 is 6.65. The van der Waals surface area contributed by atoms with E-state index >= 15 is 0 Å². The Labute approximate surface area is 384 Å². The van der Waals surface area contributed by atoms with Gasteiger partial charge in [0.1, 0.15) is 11.9 Å². The second-order valence-corrected chi connectivity index (χ2v) is 23.0. The monoisotopic (exact) mass is 852 g/mol. The van der Waals surface area contributed by atoms with Crippen molar-refractivity contribution in [2.24, 2.45) is 59.2 Å². The first-order valence-corrected chi connectivity index (χ1v) is 27.0. The number of rotatable bonds is 5. The molecule has 14 rings (SSSR count). The van der Waals surface area contributed by atoms with Crippen LogP contribution in [0.1, 0.15) is 122 Å². The zero-order valence-electron chi connectivity index (χ0n) is 38.4. The fraction of sp³-hybridized carbons (Fsp3) is 0.600. The van der Waals surface area contributed by atoms with Crippen molar-refractivity contribution in [3.63, 3.8) is 0 Å². The van der Waals surface area contributed by atoms with Crippen molar-refractivity contribution in [2.75, 3.05) is 0 Å². The van der Waals surface area contributed by atoms with Crippen molar-refractivity contribution in [3.05, 3.63) is 143 Å². The van der Waals surface area contributed by atoms with Gasteiger partial charge in [-0.15, -0.1) is 0 Å². The molecular formula is C60H73N3O. The van der Waals surface area contributed by atoms with Crippen LogP contribution in [-0.2, 0) is 4.74 Å². The number of ether oxygens (including phenoxy) is 1. The first-order chi connectivity index (χ1) is 31.7. The van der Waals surface area contributed by atoms with E-state index in [9.17, 15) is 0 Å². The van der Waals surface area contributed by atoms with E-state index in [0.717, 1.165) is 12.8 Å². The molecule has 0 aromatic heterocycles. The molecule has 0 aromatic carbocycles. The highest BCUT2D eigenvalue weighted by Gasteiger charge is 2.55. The second kappa shape index (κ2) is 15.9. The Morgan fingerprint density at radius 1 is 0.531 bits per heavy atom. The van der Waals surface area contributed by atoms with E-state index in [4.69, 9.17) is 4.74 Å². The molecule has 3 saturated heterocycles. The molecule has 0 aromatic rings. The molecule has 17 atom stereocenters. The van der Waals surface area contributed by atoms with Gasteiger partial charge in [-0.05, 0) is 187 Å². The van der Waals surface area contributed by atoms with Crippen molar-refractivity contribution in [1.82, 2.24) is 14.7 Å². The molecule has 334 valence electrons. The summed E-state index contributed by atoms with van der Waals surface area (Å²) in [5, 5.41) is 0. The number of likely N-dealkylation sites (tertiary alicyclic amines) is 2. The summed E-state index contributed by atoms with van der Waals surface area (Å²) in [7, 11) is 0. The standard InChI is InChI=1S/C60H73N3O/c1-3-13-42(14-4-1)61-54-21-11-8-18-46(54)49-33-38(24-29-55(49)61)39-25-30-56-50(34-39)51-35-40(26-31-57(51)63(56)44-27-32-60-52(37-44)48-19-9-12-22-59(48)64-60)41-23-28-47-45-17-7-10-20-53(45)62(58(47)36-41)43-15-5-2-6-16-43/h1,3,5,9,11,13,15,19,21,23,25-28,30-33,38-41,43,46-48,50-52,54-59H,2,4,6-8,10,12,14,16-18,20,22,24,29,34-37H2. The van der Waals surface area contributed by atoms with Crippen molar-refractivity contribution < 1.29 is 4.74 Å². The number of hydrogen-bond acceptors (Lipinski definition) is 4. The SMILES string of the molecule is C1=CCCC(N2C3CCC(C4C=CC5C(C4)C4CC(C6C=CC7C8=C(CCCC8)N(C8C=CCCC8)C7C6)C=CC4N5C4=CC=C5OC6CCC=CC6C5C4)C=C3C3CCC=CC32)=C1. The van der Waals surface area contributed by atoms with E-state index < -0.39 is 0 Å². The van der Waals surface area contributed by atoms with Gasteiger partial charge in [0, 0.05) is 52.8 Å². The lowest BCUT2D eigenvalue weighted by Gasteiger charge is -2.43. The van der Waals surface area contributed by atoms with Crippen LogP contribution in [-0.4, -0.2) is 57.1 Å². The van der Waals surface area contributed by atoms with Gasteiger partial charge >= 0.3 is 0 Å². The molecule has 4 nitrogen and oxygen atoms in total. The van der Waals surface area contributed by atoms with E-state index in [1.807, 2.05) is 11.1 Å². The van der Waals surface area contributed by atoms with E-state index in [0.29, 0.717) is 102 Å². The van der Waals surface area contributed by atoms with Crippen LogP contribution in [0.3, 0.4) is 0 Å². The Kier molecular flexibility index (Phi) is 9.73. The smallest absolute Gasteiger partial charge is 0.105 e. The van der Waals surface area contributed by atoms with Gasteiger partial charge in [0.15, 0.2) is 0 Å². The molecule has 17 unspecified atom stereocenters. The Bertz CT molecular complexity index is 2270. The fourth-order valence-corrected chi connectivity index (χ4v) is 17.3. The van der Waals surface area contributed by atoms with Crippen molar-refractivity contribution in [2.45, 2.75) is 164 Å². The van der Waals surface area contributed by atoms with Gasteiger partial charge in [-0.2, -0.15) is 0 Å². The van der Waals surface area contributed by atoms with Crippen LogP contribution in [0.25, 0.3) is 0 Å². The molecule has 10 aliphatic carbocycles. The summed E-state index contributed by atoms with van der Waals surface area (Å²) >= 11 is 0.